The highest BCUT2D eigenvalue weighted by molar-refractivity contribution is 5.43. The summed E-state index contributed by atoms with van der Waals surface area (Å²) < 4.78 is 6.13. The molecule has 2 aromatic rings. The minimum atomic E-state index is 0.333. The van der Waals surface area contributed by atoms with Crippen LogP contribution in [0.3, 0.4) is 0 Å². The minimum absolute atomic E-state index is 0.333. The summed E-state index contributed by atoms with van der Waals surface area (Å²) in [5.41, 5.74) is 3.88. The molecule has 1 atom stereocenters. The van der Waals surface area contributed by atoms with Gasteiger partial charge in [0.25, 0.3) is 0 Å². The van der Waals surface area contributed by atoms with Gasteiger partial charge in [0.15, 0.2) is 0 Å². The van der Waals surface area contributed by atoms with Crippen molar-refractivity contribution in [2.45, 2.75) is 33.6 Å². The Morgan fingerprint density at radius 2 is 1.70 bits per heavy atom. The molecule has 0 heterocycles. The summed E-state index contributed by atoms with van der Waals surface area (Å²) >= 11 is 0. The van der Waals surface area contributed by atoms with Gasteiger partial charge in [-0.05, 0) is 31.6 Å². The first-order chi connectivity index (χ1) is 11.2. The molecule has 0 saturated heterocycles. The second-order valence-electron chi connectivity index (χ2n) is 6.05. The summed E-state index contributed by atoms with van der Waals surface area (Å²) in [5, 5.41) is 0. The predicted octanol–water partition coefficient (Wildman–Crippen LogP) is 4.87. The molecule has 0 saturated carbocycles. The summed E-state index contributed by atoms with van der Waals surface area (Å²) in [6.07, 6.45) is 0. The largest absolute Gasteiger partial charge is 0.492 e. The maximum atomic E-state index is 6.13. The fraction of sp³-hybridized carbons (Fsp3) is 0.429. The van der Waals surface area contributed by atoms with Crippen molar-refractivity contribution >= 4 is 0 Å². The van der Waals surface area contributed by atoms with E-state index in [0.717, 1.165) is 32.0 Å². The Kier molecular flexibility index (Phi) is 6.66. The van der Waals surface area contributed by atoms with Gasteiger partial charge < -0.3 is 9.64 Å². The molecule has 0 fully saturated rings. The second kappa shape index (κ2) is 8.73. The van der Waals surface area contributed by atoms with E-state index >= 15 is 0 Å². The molecule has 0 aliphatic rings. The van der Waals surface area contributed by atoms with E-state index in [2.05, 4.69) is 81.1 Å². The summed E-state index contributed by atoms with van der Waals surface area (Å²) in [5.74, 6) is 1.35. The van der Waals surface area contributed by atoms with Crippen LogP contribution in [-0.2, 0) is 0 Å². The van der Waals surface area contributed by atoms with Crippen LogP contribution >= 0.6 is 0 Å². The summed E-state index contributed by atoms with van der Waals surface area (Å²) in [6, 6.07) is 17.1. The first-order valence-electron chi connectivity index (χ1n) is 8.66. The van der Waals surface area contributed by atoms with Crippen molar-refractivity contribution in [3.63, 3.8) is 0 Å². The molecular formula is C21H29NO. The van der Waals surface area contributed by atoms with Gasteiger partial charge in [-0.3, -0.25) is 0 Å². The Morgan fingerprint density at radius 1 is 1.00 bits per heavy atom. The lowest BCUT2D eigenvalue weighted by molar-refractivity contribution is 0.221. The monoisotopic (exact) mass is 311 g/mol. The molecule has 124 valence electrons. The van der Waals surface area contributed by atoms with Crippen molar-refractivity contribution < 1.29 is 4.74 Å². The van der Waals surface area contributed by atoms with E-state index in [1.54, 1.807) is 0 Å². The van der Waals surface area contributed by atoms with Crippen LogP contribution in [-0.4, -0.2) is 31.1 Å². The summed E-state index contributed by atoms with van der Waals surface area (Å²) in [6.45, 7) is 12.6. The highest BCUT2D eigenvalue weighted by Gasteiger charge is 2.14. The fourth-order valence-corrected chi connectivity index (χ4v) is 2.88. The highest BCUT2D eigenvalue weighted by atomic mass is 16.5. The predicted molar refractivity (Wildman–Crippen MR) is 98.4 cm³/mol. The first-order valence-corrected chi connectivity index (χ1v) is 8.66. The molecule has 0 aliphatic heterocycles. The van der Waals surface area contributed by atoms with Gasteiger partial charge in [0, 0.05) is 18.0 Å². The van der Waals surface area contributed by atoms with Gasteiger partial charge in [0.05, 0.1) is 0 Å². The van der Waals surface area contributed by atoms with Crippen molar-refractivity contribution in [2.75, 3.05) is 26.2 Å². The average Bonchev–Trinajstić information content (AvgIpc) is 2.60. The van der Waals surface area contributed by atoms with Crippen LogP contribution in [0, 0.1) is 6.92 Å². The van der Waals surface area contributed by atoms with Crippen LogP contribution in [0.15, 0.2) is 48.5 Å². The van der Waals surface area contributed by atoms with Gasteiger partial charge in [0.2, 0.25) is 0 Å². The van der Waals surface area contributed by atoms with Crippen LogP contribution in [0.5, 0.6) is 5.75 Å². The third-order valence-corrected chi connectivity index (χ3v) is 4.49. The second-order valence-corrected chi connectivity index (χ2v) is 6.05. The van der Waals surface area contributed by atoms with Crippen LogP contribution < -0.4 is 4.74 Å². The molecule has 0 aromatic heterocycles. The van der Waals surface area contributed by atoms with Gasteiger partial charge >= 0.3 is 0 Å². The zero-order valence-electron chi connectivity index (χ0n) is 14.9. The van der Waals surface area contributed by atoms with Crippen LogP contribution in [0.25, 0.3) is 0 Å². The number of hydrogen-bond donors (Lipinski definition) is 0. The number of ether oxygens (including phenoxy) is 1. The lowest BCUT2D eigenvalue weighted by atomic mass is 9.91. The molecule has 2 nitrogen and oxygen atoms in total. The minimum Gasteiger partial charge on any atom is -0.492 e. The zero-order chi connectivity index (χ0) is 16.7. The number of nitrogens with zero attached hydrogens (tertiary/aromatic N) is 1. The molecule has 0 aliphatic carbocycles. The molecule has 0 bridgehead atoms. The molecule has 2 rings (SSSR count). The molecular weight excluding hydrogens is 282 g/mol. The Balaban J connectivity index is 2.14. The van der Waals surface area contributed by atoms with Gasteiger partial charge in [-0.25, -0.2) is 0 Å². The van der Waals surface area contributed by atoms with E-state index in [9.17, 15) is 0 Å². The summed E-state index contributed by atoms with van der Waals surface area (Å²) in [7, 11) is 0. The molecule has 0 amide bonds. The SMILES string of the molecule is CCN(CC)CCOc1ccc(C)cc1C(C)c1ccccc1. The Bertz CT molecular complexity index is 590. The van der Waals surface area contributed by atoms with Crippen LogP contribution in [0.2, 0.25) is 0 Å². The molecule has 0 radical (unpaired) electrons. The van der Waals surface area contributed by atoms with Crippen molar-refractivity contribution in [1.82, 2.24) is 4.90 Å². The maximum Gasteiger partial charge on any atom is 0.123 e. The van der Waals surface area contributed by atoms with E-state index in [1.807, 2.05) is 0 Å². The highest BCUT2D eigenvalue weighted by Crippen LogP contribution is 2.32. The third kappa shape index (κ3) is 4.84. The number of aryl methyl sites for hydroxylation is 1. The molecule has 1 unspecified atom stereocenters. The molecule has 23 heavy (non-hydrogen) atoms. The quantitative estimate of drug-likeness (QED) is 0.690. The topological polar surface area (TPSA) is 12.5 Å². The Labute approximate surface area is 141 Å². The number of likely N-dealkylation sites (N-methyl/N-ethyl adjacent to an activating group) is 1. The van der Waals surface area contributed by atoms with Gasteiger partial charge in [-0.2, -0.15) is 0 Å². The van der Waals surface area contributed by atoms with E-state index in [-0.39, 0.29) is 0 Å². The lowest BCUT2D eigenvalue weighted by Gasteiger charge is -2.21. The standard InChI is InChI=1S/C21H29NO/c1-5-22(6-2)14-15-23-21-13-12-17(3)16-20(21)18(4)19-10-8-7-9-11-19/h7-13,16,18H,5-6,14-15H2,1-4H3. The average molecular weight is 311 g/mol. The van der Waals surface area contributed by atoms with Crippen LogP contribution in [0.1, 0.15) is 43.4 Å². The molecule has 0 spiro atoms. The van der Waals surface area contributed by atoms with Crippen molar-refractivity contribution in [2.24, 2.45) is 0 Å². The molecule has 2 heteroatoms. The van der Waals surface area contributed by atoms with E-state index in [0.29, 0.717) is 5.92 Å². The smallest absolute Gasteiger partial charge is 0.123 e. The van der Waals surface area contributed by atoms with E-state index < -0.39 is 0 Å². The Morgan fingerprint density at radius 3 is 2.35 bits per heavy atom. The summed E-state index contributed by atoms with van der Waals surface area (Å²) in [4.78, 5) is 2.38. The van der Waals surface area contributed by atoms with E-state index in [4.69, 9.17) is 4.74 Å². The van der Waals surface area contributed by atoms with Gasteiger partial charge in [-0.1, -0.05) is 68.8 Å². The third-order valence-electron chi connectivity index (χ3n) is 4.49. The van der Waals surface area contributed by atoms with E-state index in [1.165, 1.54) is 16.7 Å². The van der Waals surface area contributed by atoms with Gasteiger partial charge in [0.1, 0.15) is 12.4 Å². The number of hydrogen-bond acceptors (Lipinski definition) is 2. The Hall–Kier alpha value is -1.80. The van der Waals surface area contributed by atoms with Gasteiger partial charge in [-0.15, -0.1) is 0 Å². The normalized spacial score (nSPS) is 12.4. The van der Waals surface area contributed by atoms with Crippen molar-refractivity contribution in [1.29, 1.82) is 0 Å². The van der Waals surface area contributed by atoms with Crippen molar-refractivity contribution in [3.05, 3.63) is 65.2 Å². The fourth-order valence-electron chi connectivity index (χ4n) is 2.88. The zero-order valence-corrected chi connectivity index (χ0v) is 14.9. The number of benzene rings is 2. The molecule has 2 aromatic carbocycles. The first kappa shape index (κ1) is 17.6. The molecule has 0 N–H and O–H groups in total. The number of rotatable bonds is 8. The van der Waals surface area contributed by atoms with Crippen molar-refractivity contribution in [3.8, 4) is 5.75 Å². The lowest BCUT2D eigenvalue weighted by Crippen LogP contribution is -2.28. The van der Waals surface area contributed by atoms with Crippen LogP contribution in [0.4, 0.5) is 0 Å². The maximum absolute atomic E-state index is 6.13.